The number of pyridine rings is 1. The van der Waals surface area contributed by atoms with E-state index in [2.05, 4.69) is 9.97 Å². The molecule has 1 atom stereocenters. The molecule has 0 radical (unpaired) electrons. The average Bonchev–Trinajstić information content (AvgIpc) is 2.74. The molecular weight excluding hydrogens is 282 g/mol. The number of amides is 2. The molecule has 0 aliphatic carbocycles. The van der Waals surface area contributed by atoms with Crippen LogP contribution in [0.3, 0.4) is 0 Å². The predicted molar refractivity (Wildman–Crippen MR) is 80.9 cm³/mol. The number of hydrogen-bond donors (Lipinski definition) is 1. The van der Waals surface area contributed by atoms with Crippen molar-refractivity contribution in [1.29, 1.82) is 0 Å². The summed E-state index contributed by atoms with van der Waals surface area (Å²) in [6, 6.07) is 1.74. The summed E-state index contributed by atoms with van der Waals surface area (Å²) >= 11 is 0. The molecule has 1 aliphatic heterocycles. The number of aryl methyl sites for hydroxylation is 1. The molecule has 1 fully saturated rings. The van der Waals surface area contributed by atoms with Crippen LogP contribution in [-0.2, 0) is 11.8 Å². The first-order valence-corrected chi connectivity index (χ1v) is 7.42. The molecule has 2 amide bonds. The maximum absolute atomic E-state index is 12.7. The summed E-state index contributed by atoms with van der Waals surface area (Å²) in [6.07, 6.45) is 5.78. The van der Waals surface area contributed by atoms with E-state index in [-0.39, 0.29) is 17.7 Å². The number of rotatable bonds is 2. The summed E-state index contributed by atoms with van der Waals surface area (Å²) in [5, 5.41) is 0. The SMILES string of the molecule is Cn1cnc2cc(C(=O)N3CCCCC(C(N)=O)C3)cnc21. The van der Waals surface area contributed by atoms with Gasteiger partial charge in [-0.15, -0.1) is 0 Å². The van der Waals surface area contributed by atoms with E-state index in [4.69, 9.17) is 5.73 Å². The Bertz CT molecular complexity index is 724. The van der Waals surface area contributed by atoms with Gasteiger partial charge in [0.15, 0.2) is 5.65 Å². The van der Waals surface area contributed by atoms with Gasteiger partial charge < -0.3 is 15.2 Å². The maximum Gasteiger partial charge on any atom is 0.255 e. The van der Waals surface area contributed by atoms with Crippen molar-refractivity contribution in [3.8, 4) is 0 Å². The van der Waals surface area contributed by atoms with Crippen molar-refractivity contribution in [1.82, 2.24) is 19.4 Å². The van der Waals surface area contributed by atoms with Crippen molar-refractivity contribution in [2.45, 2.75) is 19.3 Å². The highest BCUT2D eigenvalue weighted by atomic mass is 16.2. The van der Waals surface area contributed by atoms with Gasteiger partial charge in [-0.05, 0) is 18.9 Å². The highest BCUT2D eigenvalue weighted by Gasteiger charge is 2.26. The van der Waals surface area contributed by atoms with Crippen molar-refractivity contribution in [2.75, 3.05) is 13.1 Å². The Balaban J connectivity index is 1.85. The summed E-state index contributed by atoms with van der Waals surface area (Å²) in [5.41, 5.74) is 7.34. The monoisotopic (exact) mass is 301 g/mol. The minimum Gasteiger partial charge on any atom is -0.369 e. The lowest BCUT2D eigenvalue weighted by molar-refractivity contribution is -0.122. The van der Waals surface area contributed by atoms with Gasteiger partial charge in [0, 0.05) is 26.3 Å². The van der Waals surface area contributed by atoms with Crippen LogP contribution in [0.2, 0.25) is 0 Å². The lowest BCUT2D eigenvalue weighted by atomic mass is 10.0. The van der Waals surface area contributed by atoms with Crippen LogP contribution in [0.25, 0.3) is 11.2 Å². The molecule has 0 saturated carbocycles. The van der Waals surface area contributed by atoms with Gasteiger partial charge in [-0.2, -0.15) is 0 Å². The number of imidazole rings is 1. The van der Waals surface area contributed by atoms with Gasteiger partial charge in [-0.25, -0.2) is 9.97 Å². The zero-order chi connectivity index (χ0) is 15.7. The zero-order valence-corrected chi connectivity index (χ0v) is 12.5. The Kier molecular flexibility index (Phi) is 3.79. The molecule has 3 heterocycles. The predicted octanol–water partition coefficient (Wildman–Crippen LogP) is 0.696. The van der Waals surface area contributed by atoms with E-state index < -0.39 is 0 Å². The standard InChI is InChI=1S/C15H19N5O2/c1-19-9-18-12-6-11(7-17-14(12)19)15(22)20-5-3-2-4-10(8-20)13(16)21/h6-7,9-10H,2-5,8H2,1H3,(H2,16,21). The van der Waals surface area contributed by atoms with Gasteiger partial charge in [-0.1, -0.05) is 6.42 Å². The second kappa shape index (κ2) is 5.75. The van der Waals surface area contributed by atoms with E-state index in [1.165, 1.54) is 0 Å². The first kappa shape index (κ1) is 14.5. The minimum absolute atomic E-state index is 0.117. The number of hydrogen-bond acceptors (Lipinski definition) is 4. The highest BCUT2D eigenvalue weighted by molar-refractivity contribution is 5.96. The molecule has 3 rings (SSSR count). The first-order chi connectivity index (χ1) is 10.6. The van der Waals surface area contributed by atoms with Gasteiger partial charge in [0.1, 0.15) is 5.52 Å². The van der Waals surface area contributed by atoms with Crippen LogP contribution in [0, 0.1) is 5.92 Å². The van der Waals surface area contributed by atoms with E-state index in [0.29, 0.717) is 24.2 Å². The van der Waals surface area contributed by atoms with Crippen molar-refractivity contribution >= 4 is 23.0 Å². The van der Waals surface area contributed by atoms with E-state index in [9.17, 15) is 9.59 Å². The van der Waals surface area contributed by atoms with Crippen molar-refractivity contribution in [3.63, 3.8) is 0 Å². The molecule has 1 aliphatic rings. The lowest BCUT2D eigenvalue weighted by Crippen LogP contribution is -2.38. The quantitative estimate of drug-likeness (QED) is 0.883. The van der Waals surface area contributed by atoms with Crippen molar-refractivity contribution in [2.24, 2.45) is 18.7 Å². The molecule has 7 nitrogen and oxygen atoms in total. The van der Waals surface area contributed by atoms with Gasteiger partial charge in [0.25, 0.3) is 5.91 Å². The van der Waals surface area contributed by atoms with Crippen LogP contribution in [0.5, 0.6) is 0 Å². The smallest absolute Gasteiger partial charge is 0.255 e. The zero-order valence-electron chi connectivity index (χ0n) is 12.5. The fourth-order valence-electron chi connectivity index (χ4n) is 2.87. The van der Waals surface area contributed by atoms with Crippen molar-refractivity contribution < 1.29 is 9.59 Å². The molecule has 0 aromatic carbocycles. The molecular formula is C15H19N5O2. The second-order valence-electron chi connectivity index (χ2n) is 5.77. The van der Waals surface area contributed by atoms with E-state index in [1.807, 2.05) is 7.05 Å². The minimum atomic E-state index is -0.335. The Morgan fingerprint density at radius 3 is 2.91 bits per heavy atom. The number of nitrogens with two attached hydrogens (primary N) is 1. The molecule has 0 spiro atoms. The van der Waals surface area contributed by atoms with Crippen LogP contribution in [0.4, 0.5) is 0 Å². The summed E-state index contributed by atoms with van der Waals surface area (Å²) in [4.78, 5) is 34.3. The normalized spacial score (nSPS) is 19.1. The fourth-order valence-corrected chi connectivity index (χ4v) is 2.87. The van der Waals surface area contributed by atoms with Crippen LogP contribution < -0.4 is 5.73 Å². The molecule has 7 heteroatoms. The first-order valence-electron chi connectivity index (χ1n) is 7.42. The molecule has 116 valence electrons. The van der Waals surface area contributed by atoms with Gasteiger partial charge in [0.05, 0.1) is 17.8 Å². The van der Waals surface area contributed by atoms with Gasteiger partial charge >= 0.3 is 0 Å². The molecule has 2 N–H and O–H groups in total. The van der Waals surface area contributed by atoms with Crippen LogP contribution in [0.1, 0.15) is 29.6 Å². The van der Waals surface area contributed by atoms with Gasteiger partial charge in [0.2, 0.25) is 5.91 Å². The molecule has 2 aromatic rings. The number of likely N-dealkylation sites (tertiary alicyclic amines) is 1. The molecule has 0 bridgehead atoms. The third-order valence-electron chi connectivity index (χ3n) is 4.16. The van der Waals surface area contributed by atoms with E-state index >= 15 is 0 Å². The van der Waals surface area contributed by atoms with Gasteiger partial charge in [-0.3, -0.25) is 9.59 Å². The van der Waals surface area contributed by atoms with Crippen LogP contribution >= 0.6 is 0 Å². The second-order valence-corrected chi connectivity index (χ2v) is 5.77. The highest BCUT2D eigenvalue weighted by Crippen LogP contribution is 2.19. The fraction of sp³-hybridized carbons (Fsp3) is 0.467. The Labute approximate surface area is 128 Å². The largest absolute Gasteiger partial charge is 0.369 e. The Morgan fingerprint density at radius 2 is 2.14 bits per heavy atom. The average molecular weight is 301 g/mol. The number of fused-ring (bicyclic) bond motifs is 1. The number of nitrogens with zero attached hydrogens (tertiary/aromatic N) is 4. The number of carbonyl (C=O) groups excluding carboxylic acids is 2. The summed E-state index contributed by atoms with van der Waals surface area (Å²) in [5.74, 6) is -0.718. The summed E-state index contributed by atoms with van der Waals surface area (Å²) in [7, 11) is 1.86. The summed E-state index contributed by atoms with van der Waals surface area (Å²) in [6.45, 7) is 1.03. The molecule has 2 aromatic heterocycles. The van der Waals surface area contributed by atoms with Crippen molar-refractivity contribution in [3.05, 3.63) is 24.2 Å². The number of carbonyl (C=O) groups is 2. The number of aromatic nitrogens is 3. The molecule has 1 saturated heterocycles. The lowest BCUT2D eigenvalue weighted by Gasteiger charge is -2.23. The van der Waals surface area contributed by atoms with Crippen LogP contribution in [-0.4, -0.2) is 44.3 Å². The number of primary amides is 1. The third kappa shape index (κ3) is 2.66. The maximum atomic E-state index is 12.7. The Morgan fingerprint density at radius 1 is 1.32 bits per heavy atom. The molecule has 1 unspecified atom stereocenters. The third-order valence-corrected chi connectivity index (χ3v) is 4.16. The topological polar surface area (TPSA) is 94.1 Å². The molecule has 22 heavy (non-hydrogen) atoms. The van der Waals surface area contributed by atoms with E-state index in [1.54, 1.807) is 28.1 Å². The van der Waals surface area contributed by atoms with Crippen LogP contribution in [0.15, 0.2) is 18.6 Å². The van der Waals surface area contributed by atoms with E-state index in [0.717, 1.165) is 24.9 Å². The Hall–Kier alpha value is -2.44. The summed E-state index contributed by atoms with van der Waals surface area (Å²) < 4.78 is 1.80.